The molecule has 0 saturated heterocycles. The van der Waals surface area contributed by atoms with Gasteiger partial charge >= 0.3 is 5.97 Å². The minimum atomic E-state index is -0.749. The molecule has 2 aromatic carbocycles. The Balaban J connectivity index is 2.12. The van der Waals surface area contributed by atoms with Crippen LogP contribution in [0.3, 0.4) is 0 Å². The SMILES string of the molecule is Cc1cc(C)cc(CCC(C(=O)O)c2ccccc2)c1. The first-order chi connectivity index (χ1) is 9.56. The highest BCUT2D eigenvalue weighted by Crippen LogP contribution is 2.22. The van der Waals surface area contributed by atoms with Crippen LogP contribution in [0.4, 0.5) is 0 Å². The van der Waals surface area contributed by atoms with Gasteiger partial charge in [-0.2, -0.15) is 0 Å². The van der Waals surface area contributed by atoms with Crippen LogP contribution in [0.5, 0.6) is 0 Å². The van der Waals surface area contributed by atoms with Crippen molar-refractivity contribution in [1.29, 1.82) is 0 Å². The van der Waals surface area contributed by atoms with Crippen molar-refractivity contribution in [3.8, 4) is 0 Å². The summed E-state index contributed by atoms with van der Waals surface area (Å²) in [5.74, 6) is -1.18. The van der Waals surface area contributed by atoms with Crippen LogP contribution >= 0.6 is 0 Å². The van der Waals surface area contributed by atoms with Crippen molar-refractivity contribution in [2.75, 3.05) is 0 Å². The van der Waals surface area contributed by atoms with Crippen molar-refractivity contribution in [3.05, 3.63) is 70.8 Å². The number of carbonyl (C=O) groups is 1. The van der Waals surface area contributed by atoms with E-state index in [1.54, 1.807) is 0 Å². The summed E-state index contributed by atoms with van der Waals surface area (Å²) in [7, 11) is 0. The number of carboxylic acids is 1. The molecule has 0 heterocycles. The molecule has 0 aromatic heterocycles. The second-order valence-electron chi connectivity index (χ2n) is 5.34. The van der Waals surface area contributed by atoms with E-state index < -0.39 is 11.9 Å². The van der Waals surface area contributed by atoms with Gasteiger partial charge in [-0.15, -0.1) is 0 Å². The second kappa shape index (κ2) is 6.38. The highest BCUT2D eigenvalue weighted by Gasteiger charge is 2.19. The molecule has 0 saturated carbocycles. The Kier molecular flexibility index (Phi) is 4.57. The molecule has 1 atom stereocenters. The molecule has 0 fully saturated rings. The van der Waals surface area contributed by atoms with Crippen LogP contribution < -0.4 is 0 Å². The first-order valence-corrected chi connectivity index (χ1v) is 6.91. The molecule has 2 heteroatoms. The molecule has 0 radical (unpaired) electrons. The lowest BCUT2D eigenvalue weighted by Gasteiger charge is -2.13. The van der Waals surface area contributed by atoms with Crippen LogP contribution in [0.25, 0.3) is 0 Å². The minimum Gasteiger partial charge on any atom is -0.481 e. The maximum absolute atomic E-state index is 11.5. The van der Waals surface area contributed by atoms with Gasteiger partial charge in [0.25, 0.3) is 0 Å². The first kappa shape index (κ1) is 14.3. The topological polar surface area (TPSA) is 37.3 Å². The average Bonchev–Trinajstić information content (AvgIpc) is 2.38. The van der Waals surface area contributed by atoms with E-state index in [0.29, 0.717) is 6.42 Å². The van der Waals surface area contributed by atoms with E-state index in [-0.39, 0.29) is 0 Å². The number of aliphatic carboxylic acids is 1. The molecule has 0 aliphatic heterocycles. The fourth-order valence-electron chi connectivity index (χ4n) is 2.64. The van der Waals surface area contributed by atoms with E-state index in [9.17, 15) is 9.90 Å². The van der Waals surface area contributed by atoms with Crippen LogP contribution in [0.1, 0.15) is 34.6 Å². The van der Waals surface area contributed by atoms with Gasteiger partial charge in [0.15, 0.2) is 0 Å². The standard InChI is InChI=1S/C18H20O2/c1-13-10-14(2)12-15(11-13)8-9-17(18(19)20)16-6-4-3-5-7-16/h3-7,10-12,17H,8-9H2,1-2H3,(H,19,20). The number of hydrogen-bond acceptors (Lipinski definition) is 1. The zero-order chi connectivity index (χ0) is 14.5. The summed E-state index contributed by atoms with van der Waals surface area (Å²) in [6, 6.07) is 15.9. The van der Waals surface area contributed by atoms with Crippen molar-refractivity contribution in [2.45, 2.75) is 32.6 Å². The minimum absolute atomic E-state index is 0.433. The van der Waals surface area contributed by atoms with Crippen LogP contribution in [0.2, 0.25) is 0 Å². The molecule has 0 spiro atoms. The zero-order valence-electron chi connectivity index (χ0n) is 12.0. The molecule has 1 unspecified atom stereocenters. The monoisotopic (exact) mass is 268 g/mol. The highest BCUT2D eigenvalue weighted by atomic mass is 16.4. The van der Waals surface area contributed by atoms with Gasteiger partial charge in [0, 0.05) is 0 Å². The second-order valence-corrected chi connectivity index (χ2v) is 5.34. The van der Waals surface area contributed by atoms with Gasteiger partial charge in [-0.25, -0.2) is 0 Å². The van der Waals surface area contributed by atoms with E-state index >= 15 is 0 Å². The van der Waals surface area contributed by atoms with Crippen molar-refractivity contribution >= 4 is 5.97 Å². The Morgan fingerprint density at radius 1 is 1.05 bits per heavy atom. The van der Waals surface area contributed by atoms with Gasteiger partial charge in [0.05, 0.1) is 5.92 Å². The lowest BCUT2D eigenvalue weighted by atomic mass is 9.92. The molecule has 104 valence electrons. The molecule has 2 rings (SSSR count). The molecule has 0 aliphatic carbocycles. The summed E-state index contributed by atoms with van der Waals surface area (Å²) in [6.07, 6.45) is 1.41. The van der Waals surface area contributed by atoms with E-state index in [0.717, 1.165) is 12.0 Å². The van der Waals surface area contributed by atoms with Crippen molar-refractivity contribution in [2.24, 2.45) is 0 Å². The fourth-order valence-corrected chi connectivity index (χ4v) is 2.64. The molecular weight excluding hydrogens is 248 g/mol. The van der Waals surface area contributed by atoms with E-state index in [2.05, 4.69) is 32.0 Å². The Morgan fingerprint density at radius 2 is 1.65 bits per heavy atom. The third-order valence-corrected chi connectivity index (χ3v) is 3.50. The van der Waals surface area contributed by atoms with E-state index in [1.165, 1.54) is 16.7 Å². The molecule has 0 bridgehead atoms. The van der Waals surface area contributed by atoms with E-state index in [1.807, 2.05) is 30.3 Å². The summed E-state index contributed by atoms with van der Waals surface area (Å²) in [5.41, 5.74) is 4.55. The number of hydrogen-bond donors (Lipinski definition) is 1. The van der Waals surface area contributed by atoms with Gasteiger partial charge in [-0.05, 0) is 37.8 Å². The fraction of sp³-hybridized carbons (Fsp3) is 0.278. The number of carboxylic acid groups (broad SMARTS) is 1. The van der Waals surface area contributed by atoms with E-state index in [4.69, 9.17) is 0 Å². The maximum atomic E-state index is 11.5. The Hall–Kier alpha value is -2.09. The van der Waals surface area contributed by atoms with Crippen molar-refractivity contribution < 1.29 is 9.90 Å². The van der Waals surface area contributed by atoms with Crippen LogP contribution in [0.15, 0.2) is 48.5 Å². The van der Waals surface area contributed by atoms with Crippen LogP contribution in [-0.2, 0) is 11.2 Å². The normalized spacial score (nSPS) is 12.1. The number of rotatable bonds is 5. The smallest absolute Gasteiger partial charge is 0.310 e. The van der Waals surface area contributed by atoms with Gasteiger partial charge in [0.2, 0.25) is 0 Å². The van der Waals surface area contributed by atoms with Crippen LogP contribution in [-0.4, -0.2) is 11.1 Å². The average molecular weight is 268 g/mol. The first-order valence-electron chi connectivity index (χ1n) is 6.91. The molecule has 2 nitrogen and oxygen atoms in total. The number of aryl methyl sites for hydroxylation is 3. The number of benzene rings is 2. The van der Waals surface area contributed by atoms with Crippen LogP contribution in [0, 0.1) is 13.8 Å². The van der Waals surface area contributed by atoms with Crippen molar-refractivity contribution in [3.63, 3.8) is 0 Å². The Bertz CT molecular complexity index is 567. The largest absolute Gasteiger partial charge is 0.481 e. The Labute approximate surface area is 120 Å². The molecular formula is C18H20O2. The molecule has 20 heavy (non-hydrogen) atoms. The van der Waals surface area contributed by atoms with Gasteiger partial charge in [-0.1, -0.05) is 59.7 Å². The quantitative estimate of drug-likeness (QED) is 0.886. The molecule has 1 N–H and O–H groups in total. The summed E-state index contributed by atoms with van der Waals surface area (Å²) < 4.78 is 0. The van der Waals surface area contributed by atoms with Gasteiger partial charge < -0.3 is 5.11 Å². The Morgan fingerprint density at radius 3 is 2.20 bits per heavy atom. The summed E-state index contributed by atoms with van der Waals surface area (Å²) in [6.45, 7) is 4.14. The summed E-state index contributed by atoms with van der Waals surface area (Å²) >= 11 is 0. The highest BCUT2D eigenvalue weighted by molar-refractivity contribution is 5.76. The van der Waals surface area contributed by atoms with Crippen molar-refractivity contribution in [1.82, 2.24) is 0 Å². The molecule has 0 aliphatic rings. The zero-order valence-corrected chi connectivity index (χ0v) is 12.0. The lowest BCUT2D eigenvalue weighted by Crippen LogP contribution is -2.12. The molecule has 0 amide bonds. The summed E-state index contributed by atoms with van der Waals surface area (Å²) in [4.78, 5) is 11.5. The third kappa shape index (κ3) is 3.70. The maximum Gasteiger partial charge on any atom is 0.310 e. The predicted octanol–water partition coefficient (Wildman–Crippen LogP) is 4.10. The van der Waals surface area contributed by atoms with Gasteiger partial charge in [-0.3, -0.25) is 4.79 Å². The molecule has 2 aromatic rings. The van der Waals surface area contributed by atoms with Gasteiger partial charge in [0.1, 0.15) is 0 Å². The summed E-state index contributed by atoms with van der Waals surface area (Å²) in [5, 5.41) is 9.41. The lowest BCUT2D eigenvalue weighted by molar-refractivity contribution is -0.138. The third-order valence-electron chi connectivity index (χ3n) is 3.50. The predicted molar refractivity (Wildman–Crippen MR) is 81.1 cm³/mol.